The lowest BCUT2D eigenvalue weighted by molar-refractivity contribution is -0.118. The number of ether oxygens (including phenoxy) is 2. The third-order valence-corrected chi connectivity index (χ3v) is 4.10. The molecule has 0 aliphatic rings. The zero-order chi connectivity index (χ0) is 19.1. The monoisotopic (exact) mass is 381 g/mol. The summed E-state index contributed by atoms with van der Waals surface area (Å²) in [5.74, 6) is 1.07. The summed E-state index contributed by atoms with van der Waals surface area (Å²) in [7, 11) is 0. The minimum atomic E-state index is -0.246. The molecule has 138 valence electrons. The van der Waals surface area contributed by atoms with E-state index in [1.807, 2.05) is 49.4 Å². The van der Waals surface area contributed by atoms with Crippen molar-refractivity contribution in [3.8, 4) is 11.5 Å². The summed E-state index contributed by atoms with van der Waals surface area (Å²) in [6.45, 7) is 2.27. The first-order chi connectivity index (χ1) is 13.1. The van der Waals surface area contributed by atoms with Crippen LogP contribution in [0.3, 0.4) is 0 Å². The van der Waals surface area contributed by atoms with Crippen molar-refractivity contribution in [3.63, 3.8) is 0 Å². The second-order valence-electron chi connectivity index (χ2n) is 6.05. The smallest absolute Gasteiger partial charge is 0.262 e. The Morgan fingerprint density at radius 3 is 2.56 bits per heavy atom. The highest BCUT2D eigenvalue weighted by molar-refractivity contribution is 6.30. The van der Waals surface area contributed by atoms with Gasteiger partial charge >= 0.3 is 0 Å². The van der Waals surface area contributed by atoms with Crippen molar-refractivity contribution < 1.29 is 14.3 Å². The molecular formula is C22H20ClNO3. The van der Waals surface area contributed by atoms with Crippen molar-refractivity contribution in [1.82, 2.24) is 0 Å². The van der Waals surface area contributed by atoms with Crippen LogP contribution in [0.25, 0.3) is 0 Å². The third-order valence-electron chi connectivity index (χ3n) is 3.86. The van der Waals surface area contributed by atoms with Crippen molar-refractivity contribution in [2.45, 2.75) is 13.5 Å². The van der Waals surface area contributed by atoms with E-state index in [2.05, 4.69) is 5.32 Å². The summed E-state index contributed by atoms with van der Waals surface area (Å²) >= 11 is 5.92. The lowest BCUT2D eigenvalue weighted by Crippen LogP contribution is -2.20. The summed E-state index contributed by atoms with van der Waals surface area (Å²) in [5, 5.41) is 3.45. The van der Waals surface area contributed by atoms with E-state index >= 15 is 0 Å². The van der Waals surface area contributed by atoms with Crippen LogP contribution < -0.4 is 14.8 Å². The van der Waals surface area contributed by atoms with E-state index in [1.165, 1.54) is 0 Å². The summed E-state index contributed by atoms with van der Waals surface area (Å²) in [5.41, 5.74) is 2.62. The van der Waals surface area contributed by atoms with Crippen LogP contribution in [0.1, 0.15) is 11.1 Å². The molecule has 0 atom stereocenters. The minimum Gasteiger partial charge on any atom is -0.489 e. The Bertz CT molecular complexity index is 912. The number of rotatable bonds is 7. The molecular weight excluding hydrogens is 362 g/mol. The van der Waals surface area contributed by atoms with E-state index in [4.69, 9.17) is 21.1 Å². The first-order valence-electron chi connectivity index (χ1n) is 8.56. The molecule has 0 heterocycles. The second-order valence-corrected chi connectivity index (χ2v) is 6.49. The first kappa shape index (κ1) is 18.8. The van der Waals surface area contributed by atoms with Gasteiger partial charge in [0, 0.05) is 16.8 Å². The van der Waals surface area contributed by atoms with E-state index in [1.54, 1.807) is 30.3 Å². The molecule has 0 spiro atoms. The molecule has 5 heteroatoms. The molecule has 0 saturated carbocycles. The highest BCUT2D eigenvalue weighted by Crippen LogP contribution is 2.22. The molecule has 0 saturated heterocycles. The maximum atomic E-state index is 12.2. The molecule has 1 amide bonds. The highest BCUT2D eigenvalue weighted by atomic mass is 35.5. The van der Waals surface area contributed by atoms with Gasteiger partial charge in [0.1, 0.15) is 18.1 Å². The molecule has 0 aliphatic heterocycles. The number of hydrogen-bond acceptors (Lipinski definition) is 3. The molecule has 0 bridgehead atoms. The van der Waals surface area contributed by atoms with Crippen molar-refractivity contribution in [1.29, 1.82) is 0 Å². The normalized spacial score (nSPS) is 10.3. The highest BCUT2D eigenvalue weighted by Gasteiger charge is 2.07. The van der Waals surface area contributed by atoms with E-state index < -0.39 is 0 Å². The average molecular weight is 382 g/mol. The van der Waals surface area contributed by atoms with Gasteiger partial charge in [0.05, 0.1) is 0 Å². The van der Waals surface area contributed by atoms with Crippen LogP contribution in [-0.4, -0.2) is 12.5 Å². The average Bonchev–Trinajstić information content (AvgIpc) is 2.67. The standard InChI is InChI=1S/C22H20ClNO3/c1-16-12-18(23)10-11-21(16)27-15-22(25)24-19-8-5-9-20(13-19)26-14-17-6-3-2-4-7-17/h2-13H,14-15H2,1H3,(H,24,25). The molecule has 0 aliphatic carbocycles. The quantitative estimate of drug-likeness (QED) is 0.608. The van der Waals surface area contributed by atoms with Crippen molar-refractivity contribution in [2.24, 2.45) is 0 Å². The summed E-state index contributed by atoms with van der Waals surface area (Å²) < 4.78 is 11.3. The predicted molar refractivity (Wildman–Crippen MR) is 108 cm³/mol. The molecule has 0 radical (unpaired) electrons. The molecule has 0 aromatic heterocycles. The van der Waals surface area contributed by atoms with Gasteiger partial charge in [-0.1, -0.05) is 48.0 Å². The largest absolute Gasteiger partial charge is 0.489 e. The molecule has 3 rings (SSSR count). The van der Waals surface area contributed by atoms with Gasteiger partial charge in [0.25, 0.3) is 5.91 Å². The summed E-state index contributed by atoms with van der Waals surface area (Å²) in [6, 6.07) is 22.5. The predicted octanol–water partition coefficient (Wildman–Crippen LogP) is 5.24. The fourth-order valence-corrected chi connectivity index (χ4v) is 2.75. The lowest BCUT2D eigenvalue weighted by atomic mass is 10.2. The molecule has 0 fully saturated rings. The topological polar surface area (TPSA) is 47.6 Å². The third kappa shape index (κ3) is 5.76. The van der Waals surface area contributed by atoms with Crippen LogP contribution >= 0.6 is 11.6 Å². The molecule has 4 nitrogen and oxygen atoms in total. The fourth-order valence-electron chi connectivity index (χ4n) is 2.52. The summed E-state index contributed by atoms with van der Waals surface area (Å²) in [4.78, 5) is 12.2. The van der Waals surface area contributed by atoms with Crippen molar-refractivity contribution in [3.05, 3.63) is 88.9 Å². The zero-order valence-electron chi connectivity index (χ0n) is 14.9. The number of hydrogen-bond donors (Lipinski definition) is 1. The zero-order valence-corrected chi connectivity index (χ0v) is 15.7. The van der Waals surface area contributed by atoms with Gasteiger partial charge in [0.2, 0.25) is 0 Å². The molecule has 27 heavy (non-hydrogen) atoms. The van der Waals surface area contributed by atoms with Gasteiger partial charge in [-0.15, -0.1) is 0 Å². The van der Waals surface area contributed by atoms with Crippen LogP contribution in [0, 0.1) is 6.92 Å². The van der Waals surface area contributed by atoms with Crippen molar-refractivity contribution in [2.75, 3.05) is 11.9 Å². The van der Waals surface area contributed by atoms with E-state index in [9.17, 15) is 4.79 Å². The Hall–Kier alpha value is -2.98. The summed E-state index contributed by atoms with van der Waals surface area (Å²) in [6.07, 6.45) is 0. The number of nitrogens with one attached hydrogen (secondary N) is 1. The first-order valence-corrected chi connectivity index (χ1v) is 8.93. The van der Waals surface area contributed by atoms with Crippen LogP contribution in [0.4, 0.5) is 5.69 Å². The Morgan fingerprint density at radius 1 is 0.963 bits per heavy atom. The number of anilines is 1. The van der Waals surface area contributed by atoms with Crippen molar-refractivity contribution >= 4 is 23.2 Å². The number of benzene rings is 3. The van der Waals surface area contributed by atoms with Gasteiger partial charge in [-0.3, -0.25) is 4.79 Å². The number of carbonyl (C=O) groups is 1. The van der Waals surface area contributed by atoms with Gasteiger partial charge in [-0.25, -0.2) is 0 Å². The molecule has 1 N–H and O–H groups in total. The van der Waals surface area contributed by atoms with E-state index in [-0.39, 0.29) is 12.5 Å². The Balaban J connectivity index is 1.53. The molecule has 0 unspecified atom stereocenters. The molecule has 3 aromatic rings. The Morgan fingerprint density at radius 2 is 1.78 bits per heavy atom. The van der Waals surface area contributed by atoms with Gasteiger partial charge in [0.15, 0.2) is 6.61 Å². The number of amides is 1. The van der Waals surface area contributed by atoms with E-state index in [0.717, 1.165) is 11.1 Å². The second kappa shape index (κ2) is 9.10. The van der Waals surface area contributed by atoms with Gasteiger partial charge in [-0.05, 0) is 48.4 Å². The maximum Gasteiger partial charge on any atom is 0.262 e. The number of halogens is 1. The van der Waals surface area contributed by atoms with Gasteiger partial charge < -0.3 is 14.8 Å². The Labute approximate surface area is 163 Å². The number of aryl methyl sites for hydroxylation is 1. The number of carbonyl (C=O) groups excluding carboxylic acids is 1. The fraction of sp³-hybridized carbons (Fsp3) is 0.136. The van der Waals surface area contributed by atoms with E-state index in [0.29, 0.717) is 28.8 Å². The maximum absolute atomic E-state index is 12.2. The van der Waals surface area contributed by atoms with Crippen LogP contribution in [0.2, 0.25) is 5.02 Å². The Kier molecular flexibility index (Phi) is 6.34. The van der Waals surface area contributed by atoms with Crippen LogP contribution in [-0.2, 0) is 11.4 Å². The van der Waals surface area contributed by atoms with Crippen LogP contribution in [0.15, 0.2) is 72.8 Å². The van der Waals surface area contributed by atoms with Crippen LogP contribution in [0.5, 0.6) is 11.5 Å². The minimum absolute atomic E-state index is 0.0857. The molecule has 3 aromatic carbocycles. The SMILES string of the molecule is Cc1cc(Cl)ccc1OCC(=O)Nc1cccc(OCc2ccccc2)c1. The van der Waals surface area contributed by atoms with Gasteiger partial charge in [-0.2, -0.15) is 0 Å². The lowest BCUT2D eigenvalue weighted by Gasteiger charge is -2.11.